The van der Waals surface area contributed by atoms with Crippen molar-refractivity contribution in [3.05, 3.63) is 23.8 Å². The fourth-order valence-electron chi connectivity index (χ4n) is 0.460. The predicted octanol–water partition coefficient (Wildman–Crippen LogP) is 4.17. The maximum atomic E-state index is 3.97. The van der Waals surface area contributed by atoms with Gasteiger partial charge < -0.3 is 0 Å². The fraction of sp³-hybridized carbons (Fsp3) is 0.667. The lowest BCUT2D eigenvalue weighted by molar-refractivity contribution is 1.06. The van der Waals surface area contributed by atoms with Gasteiger partial charge in [0, 0.05) is 11.9 Å². The smallest absolute Gasteiger partial charge is 0.115 e. The lowest BCUT2D eigenvalue weighted by Crippen LogP contribution is -1.85. The fourth-order valence-corrected chi connectivity index (χ4v) is 0.460. The van der Waals surface area contributed by atoms with Crippen LogP contribution in [0.3, 0.4) is 0 Å². The Morgan fingerprint density at radius 1 is 0.857 bits per heavy atom. The first-order valence-electron chi connectivity index (χ1n) is 5.54. The monoisotopic (exact) mass is 198 g/mol. The predicted molar refractivity (Wildman–Crippen MR) is 65.6 cm³/mol. The van der Waals surface area contributed by atoms with Crippen LogP contribution in [0.4, 0.5) is 0 Å². The zero-order valence-electron chi connectivity index (χ0n) is 11.0. The second-order valence-corrected chi connectivity index (χ2v) is 1.79. The Balaban J connectivity index is -0.000000174. The summed E-state index contributed by atoms with van der Waals surface area (Å²) in [5, 5.41) is 0. The second-order valence-electron chi connectivity index (χ2n) is 1.79. The van der Waals surface area contributed by atoms with Crippen molar-refractivity contribution in [1.82, 2.24) is 9.97 Å². The van der Waals surface area contributed by atoms with E-state index in [1.165, 1.54) is 0 Å². The molecule has 0 radical (unpaired) electrons. The molecule has 0 unspecified atom stereocenters. The molecule has 1 heterocycles. The molecule has 1 aromatic rings. The zero-order valence-corrected chi connectivity index (χ0v) is 11.0. The van der Waals surface area contributed by atoms with Crippen LogP contribution in [0.15, 0.2) is 12.5 Å². The summed E-state index contributed by atoms with van der Waals surface area (Å²) in [7, 11) is 0. The molecule has 0 aromatic carbocycles. The second kappa shape index (κ2) is 18.0. The average Bonchev–Trinajstić information content (AvgIpc) is 2.31. The standard InChI is InChI=1S/C6H8N2.3C2H6/c1-5-3-7-4-8-6(5)2;3*1-2/h3-4H,1-2H3;3*1-2H3. The van der Waals surface area contributed by atoms with Crippen LogP contribution in [0.1, 0.15) is 52.8 Å². The summed E-state index contributed by atoms with van der Waals surface area (Å²) in [5.41, 5.74) is 2.20. The van der Waals surface area contributed by atoms with E-state index in [4.69, 9.17) is 0 Å². The third-order valence-corrected chi connectivity index (χ3v) is 1.16. The summed E-state index contributed by atoms with van der Waals surface area (Å²) in [6, 6.07) is 0. The first kappa shape index (κ1) is 18.8. The zero-order chi connectivity index (χ0) is 12.0. The number of hydrogen-bond acceptors (Lipinski definition) is 2. The number of hydrogen-bond donors (Lipinski definition) is 0. The van der Waals surface area contributed by atoms with E-state index < -0.39 is 0 Å². The third-order valence-electron chi connectivity index (χ3n) is 1.16. The molecule has 0 spiro atoms. The molecule has 0 atom stereocenters. The summed E-state index contributed by atoms with van der Waals surface area (Å²) < 4.78 is 0. The normalized spacial score (nSPS) is 6.57. The van der Waals surface area contributed by atoms with Gasteiger partial charge >= 0.3 is 0 Å². The van der Waals surface area contributed by atoms with E-state index in [1.807, 2.05) is 61.6 Å². The van der Waals surface area contributed by atoms with Gasteiger partial charge in [-0.05, 0) is 19.4 Å². The molecule has 1 aromatic heterocycles. The molecule has 0 amide bonds. The van der Waals surface area contributed by atoms with Crippen LogP contribution in [0, 0.1) is 13.8 Å². The highest BCUT2D eigenvalue weighted by molar-refractivity contribution is 5.10. The highest BCUT2D eigenvalue weighted by Gasteiger charge is 1.86. The highest BCUT2D eigenvalue weighted by Crippen LogP contribution is 1.95. The van der Waals surface area contributed by atoms with Crippen LogP contribution < -0.4 is 0 Å². The Labute approximate surface area is 89.8 Å². The molecule has 0 aliphatic heterocycles. The topological polar surface area (TPSA) is 25.8 Å². The maximum Gasteiger partial charge on any atom is 0.115 e. The van der Waals surface area contributed by atoms with Crippen LogP contribution in [0.25, 0.3) is 0 Å². The maximum absolute atomic E-state index is 3.97. The molecular formula is C12H26N2. The van der Waals surface area contributed by atoms with Gasteiger partial charge in [-0.2, -0.15) is 0 Å². The average molecular weight is 198 g/mol. The summed E-state index contributed by atoms with van der Waals surface area (Å²) in [6.07, 6.45) is 3.37. The van der Waals surface area contributed by atoms with E-state index in [-0.39, 0.29) is 0 Å². The van der Waals surface area contributed by atoms with Crippen LogP contribution >= 0.6 is 0 Å². The molecule has 2 heteroatoms. The van der Waals surface area contributed by atoms with Crippen molar-refractivity contribution >= 4 is 0 Å². The third kappa shape index (κ3) is 11.1. The minimum atomic E-state index is 1.06. The van der Waals surface area contributed by atoms with Gasteiger partial charge in [-0.25, -0.2) is 9.97 Å². The van der Waals surface area contributed by atoms with Gasteiger partial charge in [0.15, 0.2) is 0 Å². The first-order valence-corrected chi connectivity index (χ1v) is 5.54. The lowest BCUT2D eigenvalue weighted by Gasteiger charge is -1.91. The van der Waals surface area contributed by atoms with Crippen molar-refractivity contribution in [2.24, 2.45) is 0 Å². The van der Waals surface area contributed by atoms with Crippen LogP contribution in [0.2, 0.25) is 0 Å². The molecule has 1 rings (SSSR count). The molecule has 2 nitrogen and oxygen atoms in total. The number of rotatable bonds is 0. The van der Waals surface area contributed by atoms with Crippen LogP contribution in [-0.4, -0.2) is 9.97 Å². The van der Waals surface area contributed by atoms with Gasteiger partial charge in [-0.3, -0.25) is 0 Å². The van der Waals surface area contributed by atoms with E-state index in [9.17, 15) is 0 Å². The summed E-state index contributed by atoms with van der Waals surface area (Å²) in [4.78, 5) is 7.80. The molecule has 0 saturated carbocycles. The van der Waals surface area contributed by atoms with Gasteiger partial charge in [0.1, 0.15) is 6.33 Å². The number of aryl methyl sites for hydroxylation is 2. The molecule has 0 aliphatic carbocycles. The molecule has 0 N–H and O–H groups in total. The molecule has 84 valence electrons. The van der Waals surface area contributed by atoms with Crippen molar-refractivity contribution < 1.29 is 0 Å². The Morgan fingerprint density at radius 2 is 1.29 bits per heavy atom. The molecule has 0 aliphatic rings. The van der Waals surface area contributed by atoms with Crippen molar-refractivity contribution in [3.8, 4) is 0 Å². The van der Waals surface area contributed by atoms with Gasteiger partial charge in [-0.15, -0.1) is 0 Å². The summed E-state index contributed by atoms with van der Waals surface area (Å²) >= 11 is 0. The van der Waals surface area contributed by atoms with Gasteiger partial charge in [0.2, 0.25) is 0 Å². The summed E-state index contributed by atoms with van der Waals surface area (Å²) in [5.74, 6) is 0. The minimum Gasteiger partial charge on any atom is -0.245 e. The van der Waals surface area contributed by atoms with E-state index >= 15 is 0 Å². The van der Waals surface area contributed by atoms with Gasteiger partial charge in [-0.1, -0.05) is 41.5 Å². The lowest BCUT2D eigenvalue weighted by atomic mass is 10.3. The molecule has 0 bridgehead atoms. The Bertz CT molecular complexity index is 164. The number of nitrogens with zero attached hydrogens (tertiary/aromatic N) is 2. The first-order chi connectivity index (χ1) is 6.80. The Morgan fingerprint density at radius 3 is 1.50 bits per heavy atom. The largest absolute Gasteiger partial charge is 0.245 e. The van der Waals surface area contributed by atoms with Gasteiger partial charge in [0.05, 0.1) is 0 Å². The van der Waals surface area contributed by atoms with E-state index in [2.05, 4.69) is 9.97 Å². The SMILES string of the molecule is CC.CC.CC.Cc1cncnc1C. The number of aromatic nitrogens is 2. The van der Waals surface area contributed by atoms with E-state index in [0.717, 1.165) is 11.3 Å². The van der Waals surface area contributed by atoms with E-state index in [1.54, 1.807) is 6.33 Å². The van der Waals surface area contributed by atoms with Crippen LogP contribution in [0.5, 0.6) is 0 Å². The Hall–Kier alpha value is -0.920. The highest BCUT2D eigenvalue weighted by atomic mass is 14.8. The minimum absolute atomic E-state index is 1.06. The molecular weight excluding hydrogens is 172 g/mol. The van der Waals surface area contributed by atoms with Crippen molar-refractivity contribution in [2.45, 2.75) is 55.4 Å². The molecule has 14 heavy (non-hydrogen) atoms. The van der Waals surface area contributed by atoms with Crippen LogP contribution in [-0.2, 0) is 0 Å². The van der Waals surface area contributed by atoms with Crippen molar-refractivity contribution in [1.29, 1.82) is 0 Å². The van der Waals surface area contributed by atoms with Gasteiger partial charge in [0.25, 0.3) is 0 Å². The van der Waals surface area contributed by atoms with E-state index in [0.29, 0.717) is 0 Å². The molecule has 0 saturated heterocycles. The Kier molecular flexibility index (Phi) is 24.1. The quantitative estimate of drug-likeness (QED) is 0.625. The van der Waals surface area contributed by atoms with Crippen molar-refractivity contribution in [2.75, 3.05) is 0 Å². The summed E-state index contributed by atoms with van der Waals surface area (Å²) in [6.45, 7) is 16.0. The molecule has 0 fully saturated rings. The van der Waals surface area contributed by atoms with Crippen molar-refractivity contribution in [3.63, 3.8) is 0 Å².